The highest BCUT2D eigenvalue weighted by molar-refractivity contribution is 5.23. The van der Waals surface area contributed by atoms with Gasteiger partial charge in [-0.25, -0.2) is 0 Å². The third kappa shape index (κ3) is 6.19. The summed E-state index contributed by atoms with van der Waals surface area (Å²) in [5.74, 6) is 0. The monoisotopic (exact) mass is 265 g/mol. The van der Waals surface area contributed by atoms with E-state index in [1.807, 2.05) is 13.8 Å². The number of nitrogens with zero attached hydrogens (tertiary/aromatic N) is 1. The average Bonchev–Trinajstić information content (AvgIpc) is 2.39. The quantitative estimate of drug-likeness (QED) is 0.640. The summed E-state index contributed by atoms with van der Waals surface area (Å²) in [5, 5.41) is 0. The number of aryl methyl sites for hydroxylation is 1. The first kappa shape index (κ1) is 16.2. The number of benzene rings is 1. The predicted molar refractivity (Wildman–Crippen MR) is 79.3 cm³/mol. The fraction of sp³-hybridized carbons (Fsp3) is 0.625. The molecule has 0 fully saturated rings. The summed E-state index contributed by atoms with van der Waals surface area (Å²) in [6.45, 7) is 6.43. The molecular formula is C16H27NO2. The molecule has 0 radical (unpaired) electrons. The van der Waals surface area contributed by atoms with Crippen molar-refractivity contribution >= 4 is 0 Å². The van der Waals surface area contributed by atoms with Gasteiger partial charge in [-0.15, -0.1) is 0 Å². The summed E-state index contributed by atoms with van der Waals surface area (Å²) in [7, 11) is 4.22. The summed E-state index contributed by atoms with van der Waals surface area (Å²) >= 11 is 0. The standard InChI is InChI=1S/C16H27NO2/c1-5-18-16(19-6-2)15-11-9-14(10-12-15)8-7-13-17(3)4/h9-12,16H,5-8,13H2,1-4H3. The summed E-state index contributed by atoms with van der Waals surface area (Å²) in [4.78, 5) is 2.22. The Hall–Kier alpha value is -0.900. The van der Waals surface area contributed by atoms with Crippen LogP contribution >= 0.6 is 0 Å². The summed E-state index contributed by atoms with van der Waals surface area (Å²) < 4.78 is 11.2. The topological polar surface area (TPSA) is 21.7 Å². The van der Waals surface area contributed by atoms with Crippen molar-refractivity contribution in [3.05, 3.63) is 35.4 Å². The van der Waals surface area contributed by atoms with E-state index in [1.165, 1.54) is 12.0 Å². The van der Waals surface area contributed by atoms with E-state index in [1.54, 1.807) is 0 Å². The lowest BCUT2D eigenvalue weighted by atomic mass is 10.1. The van der Waals surface area contributed by atoms with E-state index < -0.39 is 0 Å². The smallest absolute Gasteiger partial charge is 0.183 e. The SMILES string of the molecule is CCOC(OCC)c1ccc(CCCN(C)C)cc1. The Morgan fingerprint density at radius 1 is 1.00 bits per heavy atom. The molecule has 1 aromatic carbocycles. The van der Waals surface area contributed by atoms with Gasteiger partial charge in [-0.3, -0.25) is 0 Å². The Balaban J connectivity index is 2.53. The second-order valence-corrected chi connectivity index (χ2v) is 4.89. The number of hydrogen-bond acceptors (Lipinski definition) is 3. The minimum atomic E-state index is -0.231. The lowest BCUT2D eigenvalue weighted by Gasteiger charge is -2.17. The maximum absolute atomic E-state index is 5.59. The molecule has 0 aromatic heterocycles. The molecule has 0 saturated heterocycles. The van der Waals surface area contributed by atoms with Crippen molar-refractivity contribution in [2.24, 2.45) is 0 Å². The molecule has 0 heterocycles. The van der Waals surface area contributed by atoms with Crippen molar-refractivity contribution in [1.82, 2.24) is 4.90 Å². The third-order valence-corrected chi connectivity index (χ3v) is 2.96. The molecule has 0 spiro atoms. The van der Waals surface area contributed by atoms with Gasteiger partial charge in [0, 0.05) is 18.8 Å². The van der Waals surface area contributed by atoms with Crippen molar-refractivity contribution in [3.63, 3.8) is 0 Å². The fourth-order valence-corrected chi connectivity index (χ4v) is 1.98. The van der Waals surface area contributed by atoms with Crippen molar-refractivity contribution in [3.8, 4) is 0 Å². The maximum atomic E-state index is 5.59. The first-order valence-corrected chi connectivity index (χ1v) is 7.14. The molecule has 0 amide bonds. The predicted octanol–water partition coefficient (Wildman–Crippen LogP) is 3.25. The average molecular weight is 265 g/mol. The van der Waals surface area contributed by atoms with Crippen LogP contribution in [0, 0.1) is 0 Å². The maximum Gasteiger partial charge on any atom is 0.183 e. The zero-order valence-electron chi connectivity index (χ0n) is 12.7. The minimum Gasteiger partial charge on any atom is -0.349 e. The first-order valence-electron chi connectivity index (χ1n) is 7.14. The molecule has 19 heavy (non-hydrogen) atoms. The molecule has 0 aliphatic heterocycles. The van der Waals surface area contributed by atoms with Gasteiger partial charge in [0.1, 0.15) is 0 Å². The lowest BCUT2D eigenvalue weighted by molar-refractivity contribution is -0.140. The van der Waals surface area contributed by atoms with E-state index in [-0.39, 0.29) is 6.29 Å². The van der Waals surface area contributed by atoms with Crippen LogP contribution in [0.5, 0.6) is 0 Å². The number of rotatable bonds is 9. The molecule has 3 heteroatoms. The summed E-state index contributed by atoms with van der Waals surface area (Å²) in [5.41, 5.74) is 2.47. The normalized spacial score (nSPS) is 11.5. The second kappa shape index (κ2) is 9.08. The molecule has 108 valence electrons. The summed E-state index contributed by atoms with van der Waals surface area (Å²) in [6, 6.07) is 8.58. The molecule has 0 aliphatic rings. The first-order chi connectivity index (χ1) is 9.17. The van der Waals surface area contributed by atoms with Gasteiger partial charge in [0.15, 0.2) is 6.29 Å². The van der Waals surface area contributed by atoms with Crippen LogP contribution in [0.25, 0.3) is 0 Å². The van der Waals surface area contributed by atoms with E-state index in [4.69, 9.17) is 9.47 Å². The van der Waals surface area contributed by atoms with Crippen LogP contribution in [-0.4, -0.2) is 38.8 Å². The van der Waals surface area contributed by atoms with Gasteiger partial charge >= 0.3 is 0 Å². The molecule has 0 unspecified atom stereocenters. The van der Waals surface area contributed by atoms with Crippen LogP contribution < -0.4 is 0 Å². The van der Waals surface area contributed by atoms with Gasteiger partial charge in [0.05, 0.1) is 0 Å². The minimum absolute atomic E-state index is 0.231. The Morgan fingerprint density at radius 3 is 2.05 bits per heavy atom. The Bertz CT molecular complexity index is 329. The van der Waals surface area contributed by atoms with Crippen molar-refractivity contribution in [2.75, 3.05) is 33.9 Å². The second-order valence-electron chi connectivity index (χ2n) is 4.89. The fourth-order valence-electron chi connectivity index (χ4n) is 1.98. The van der Waals surface area contributed by atoms with Gasteiger partial charge in [-0.05, 0) is 52.9 Å². The molecule has 0 aliphatic carbocycles. The van der Waals surface area contributed by atoms with E-state index in [9.17, 15) is 0 Å². The van der Waals surface area contributed by atoms with Gasteiger partial charge in [-0.1, -0.05) is 24.3 Å². The van der Waals surface area contributed by atoms with Gasteiger partial charge in [0.2, 0.25) is 0 Å². The highest BCUT2D eigenvalue weighted by Gasteiger charge is 2.10. The van der Waals surface area contributed by atoms with Crippen LogP contribution in [0.4, 0.5) is 0 Å². The van der Waals surface area contributed by atoms with E-state index >= 15 is 0 Å². The molecule has 0 bridgehead atoms. The van der Waals surface area contributed by atoms with E-state index in [0.29, 0.717) is 13.2 Å². The molecule has 1 aromatic rings. The van der Waals surface area contributed by atoms with Crippen molar-refractivity contribution in [2.45, 2.75) is 33.0 Å². The van der Waals surface area contributed by atoms with Gasteiger partial charge in [0.25, 0.3) is 0 Å². The molecule has 0 saturated carbocycles. The highest BCUT2D eigenvalue weighted by Crippen LogP contribution is 2.19. The van der Waals surface area contributed by atoms with Gasteiger partial charge in [-0.2, -0.15) is 0 Å². The number of hydrogen-bond donors (Lipinski definition) is 0. The molecule has 0 N–H and O–H groups in total. The largest absolute Gasteiger partial charge is 0.349 e. The van der Waals surface area contributed by atoms with Gasteiger partial charge < -0.3 is 14.4 Å². The van der Waals surface area contributed by atoms with E-state index in [2.05, 4.69) is 43.3 Å². The van der Waals surface area contributed by atoms with Crippen LogP contribution in [-0.2, 0) is 15.9 Å². The zero-order chi connectivity index (χ0) is 14.1. The van der Waals surface area contributed by atoms with Crippen molar-refractivity contribution in [1.29, 1.82) is 0 Å². The van der Waals surface area contributed by atoms with E-state index in [0.717, 1.165) is 18.5 Å². The number of ether oxygens (including phenoxy) is 2. The molecule has 0 atom stereocenters. The third-order valence-electron chi connectivity index (χ3n) is 2.96. The molecule has 1 rings (SSSR count). The Morgan fingerprint density at radius 2 is 1.58 bits per heavy atom. The van der Waals surface area contributed by atoms with Crippen LogP contribution in [0.2, 0.25) is 0 Å². The van der Waals surface area contributed by atoms with Crippen LogP contribution in [0.3, 0.4) is 0 Å². The summed E-state index contributed by atoms with van der Waals surface area (Å²) in [6.07, 6.45) is 2.07. The molecule has 3 nitrogen and oxygen atoms in total. The van der Waals surface area contributed by atoms with Crippen molar-refractivity contribution < 1.29 is 9.47 Å². The van der Waals surface area contributed by atoms with Crippen LogP contribution in [0.15, 0.2) is 24.3 Å². The zero-order valence-corrected chi connectivity index (χ0v) is 12.7. The lowest BCUT2D eigenvalue weighted by Crippen LogP contribution is -2.13. The highest BCUT2D eigenvalue weighted by atomic mass is 16.7. The molecular weight excluding hydrogens is 238 g/mol. The van der Waals surface area contributed by atoms with Crippen LogP contribution in [0.1, 0.15) is 37.7 Å². The Kier molecular flexibility index (Phi) is 7.72. The Labute approximate surface area is 117 Å².